The molecule has 1 aromatic carbocycles. The fourth-order valence-corrected chi connectivity index (χ4v) is 9.23. The second-order valence-electron chi connectivity index (χ2n) is 9.36. The molecule has 2 fully saturated rings. The van der Waals surface area contributed by atoms with Crippen LogP contribution >= 0.6 is 11.3 Å². The molecule has 0 radical (unpaired) electrons. The minimum Gasteiger partial charge on any atom is -0.385 e. The fraction of sp³-hybridized carbons (Fsp3) is 0.619. The average Bonchev–Trinajstić information content (AvgIpc) is 3.08. The monoisotopic (exact) mass is 358 g/mol. The van der Waals surface area contributed by atoms with Gasteiger partial charge in [-0.15, -0.1) is 11.3 Å². The molecule has 2 saturated carbocycles. The molecular weight excluding hydrogens is 328 g/mol. The average molecular weight is 359 g/mol. The maximum Gasteiger partial charge on any atom is 0.0950 e. The van der Waals surface area contributed by atoms with Gasteiger partial charge < -0.3 is 5.11 Å². The third-order valence-corrected chi connectivity index (χ3v) is 11.6. The van der Waals surface area contributed by atoms with Gasteiger partial charge in [0.1, 0.15) is 0 Å². The Hall–Kier alpha value is -0.643. The van der Waals surface area contributed by atoms with E-state index >= 15 is 0 Å². The van der Waals surface area contributed by atoms with E-state index in [2.05, 4.69) is 51.7 Å². The Morgan fingerprint density at radius 2 is 1.92 bits per heavy atom. The maximum atomic E-state index is 11.7. The van der Waals surface area contributed by atoms with Crippen molar-refractivity contribution in [1.82, 2.24) is 0 Å². The van der Waals surface area contributed by atoms with Crippen LogP contribution in [0.4, 0.5) is 0 Å². The molecule has 24 heavy (non-hydrogen) atoms. The number of benzene rings is 1. The molecule has 2 aliphatic rings. The molecule has 4 rings (SSSR count). The molecule has 2 aromatic rings. The van der Waals surface area contributed by atoms with Crippen LogP contribution in [0.25, 0.3) is 10.1 Å². The van der Waals surface area contributed by atoms with E-state index in [1.165, 1.54) is 46.9 Å². The molecule has 1 heterocycles. The van der Waals surface area contributed by atoms with Crippen molar-refractivity contribution in [2.24, 2.45) is 17.8 Å². The second kappa shape index (κ2) is 5.42. The third kappa shape index (κ3) is 2.35. The Balaban J connectivity index is 1.84. The van der Waals surface area contributed by atoms with Gasteiger partial charge in [0.25, 0.3) is 0 Å². The molecule has 4 unspecified atom stereocenters. The van der Waals surface area contributed by atoms with Crippen LogP contribution in [0.15, 0.2) is 18.2 Å². The quantitative estimate of drug-likeness (QED) is 0.713. The zero-order valence-corrected chi connectivity index (χ0v) is 17.5. The smallest absolute Gasteiger partial charge is 0.0950 e. The molecule has 3 heteroatoms. The molecule has 2 aliphatic carbocycles. The van der Waals surface area contributed by atoms with Crippen LogP contribution in [-0.2, 0) is 5.60 Å². The summed E-state index contributed by atoms with van der Waals surface area (Å²) in [5.41, 5.74) is 2.03. The van der Waals surface area contributed by atoms with E-state index in [1.807, 2.05) is 11.3 Å². The lowest BCUT2D eigenvalue weighted by Gasteiger charge is -2.43. The molecule has 130 valence electrons. The van der Waals surface area contributed by atoms with Crippen LogP contribution in [0.1, 0.15) is 43.7 Å². The largest absolute Gasteiger partial charge is 0.385 e. The number of aryl methyl sites for hydroxylation is 1. The van der Waals surface area contributed by atoms with E-state index in [1.54, 1.807) is 4.50 Å². The van der Waals surface area contributed by atoms with Crippen molar-refractivity contribution in [2.75, 3.05) is 0 Å². The lowest BCUT2D eigenvalue weighted by molar-refractivity contribution is -0.0908. The summed E-state index contributed by atoms with van der Waals surface area (Å²) in [6.07, 6.45) is 4.93. The Bertz CT molecular complexity index is 787. The second-order valence-corrected chi connectivity index (χ2v) is 15.8. The van der Waals surface area contributed by atoms with Gasteiger partial charge in [-0.25, -0.2) is 0 Å². The first-order valence-electron chi connectivity index (χ1n) is 9.47. The van der Waals surface area contributed by atoms with E-state index in [0.29, 0.717) is 11.8 Å². The van der Waals surface area contributed by atoms with E-state index < -0.39 is 13.7 Å². The fourth-order valence-electron chi connectivity index (χ4n) is 5.48. The van der Waals surface area contributed by atoms with E-state index in [0.717, 1.165) is 5.92 Å². The number of hydrogen-bond donors (Lipinski definition) is 1. The first-order chi connectivity index (χ1) is 11.2. The minimum atomic E-state index is -1.31. The van der Waals surface area contributed by atoms with Crippen molar-refractivity contribution in [3.63, 3.8) is 0 Å². The molecule has 1 nitrogen and oxygen atoms in total. The van der Waals surface area contributed by atoms with Gasteiger partial charge in [-0.05, 0) is 77.1 Å². The van der Waals surface area contributed by atoms with Gasteiger partial charge in [0.15, 0.2) is 0 Å². The zero-order valence-electron chi connectivity index (χ0n) is 15.6. The van der Waals surface area contributed by atoms with Crippen molar-refractivity contribution in [3.05, 3.63) is 29.3 Å². The molecule has 0 amide bonds. The van der Waals surface area contributed by atoms with Crippen LogP contribution in [-0.4, -0.2) is 13.2 Å². The van der Waals surface area contributed by atoms with Crippen molar-refractivity contribution in [3.8, 4) is 0 Å². The van der Waals surface area contributed by atoms with Gasteiger partial charge in [0, 0.05) is 4.70 Å². The topological polar surface area (TPSA) is 20.2 Å². The molecule has 1 aromatic heterocycles. The van der Waals surface area contributed by atoms with Gasteiger partial charge >= 0.3 is 0 Å². The first kappa shape index (κ1) is 16.8. The van der Waals surface area contributed by atoms with Crippen LogP contribution < -0.4 is 4.50 Å². The Morgan fingerprint density at radius 3 is 2.62 bits per heavy atom. The van der Waals surface area contributed by atoms with Gasteiger partial charge in [-0.1, -0.05) is 39.1 Å². The summed E-state index contributed by atoms with van der Waals surface area (Å²) in [6.45, 7) is 11.8. The van der Waals surface area contributed by atoms with Gasteiger partial charge in [-0.3, -0.25) is 0 Å². The maximum absolute atomic E-state index is 11.7. The molecule has 0 saturated heterocycles. The summed E-state index contributed by atoms with van der Waals surface area (Å²) in [5, 5.41) is 13.1. The number of hydrogen-bond acceptors (Lipinski definition) is 2. The number of thiophene rings is 1. The van der Waals surface area contributed by atoms with Crippen LogP contribution in [0.5, 0.6) is 0 Å². The number of aliphatic hydroxyl groups is 1. The molecule has 2 bridgehead atoms. The van der Waals surface area contributed by atoms with Crippen molar-refractivity contribution in [1.29, 1.82) is 0 Å². The highest BCUT2D eigenvalue weighted by molar-refractivity contribution is 7.31. The van der Waals surface area contributed by atoms with Crippen LogP contribution in [0, 0.1) is 24.7 Å². The third-order valence-electron chi connectivity index (χ3n) is 6.68. The summed E-state index contributed by atoms with van der Waals surface area (Å²) in [5.74, 6) is 1.69. The number of fused-ring (bicyclic) bond motifs is 3. The van der Waals surface area contributed by atoms with E-state index in [4.69, 9.17) is 0 Å². The predicted molar refractivity (Wildman–Crippen MR) is 108 cm³/mol. The molecule has 4 atom stereocenters. The molecular formula is C21H30OSSi. The van der Waals surface area contributed by atoms with Gasteiger partial charge in [0.2, 0.25) is 0 Å². The van der Waals surface area contributed by atoms with Crippen molar-refractivity contribution < 1.29 is 5.11 Å². The summed E-state index contributed by atoms with van der Waals surface area (Å²) in [4.78, 5) is 0. The van der Waals surface area contributed by atoms with Crippen LogP contribution in [0.3, 0.4) is 0 Å². The first-order valence-corrected chi connectivity index (χ1v) is 13.8. The Labute approximate surface area is 151 Å². The Morgan fingerprint density at radius 1 is 1.17 bits per heavy atom. The summed E-state index contributed by atoms with van der Waals surface area (Å²) in [7, 11) is -1.31. The number of rotatable bonds is 2. The predicted octanol–water partition coefficient (Wildman–Crippen LogP) is 5.40. The van der Waals surface area contributed by atoms with E-state index in [9.17, 15) is 5.11 Å². The molecule has 0 aliphatic heterocycles. The van der Waals surface area contributed by atoms with Crippen LogP contribution in [0.2, 0.25) is 19.6 Å². The van der Waals surface area contributed by atoms with Gasteiger partial charge in [0.05, 0.1) is 13.7 Å². The SMILES string of the molecule is Cc1c([Si](C)(C)C)sc2ccc(C3(O)C(C)CC4CCC3C4)cc12. The minimum absolute atomic E-state index is 0.372. The molecule has 1 N–H and O–H groups in total. The summed E-state index contributed by atoms with van der Waals surface area (Å²) < 4.78 is 3.00. The summed E-state index contributed by atoms with van der Waals surface area (Å²) >= 11 is 1.98. The lowest BCUT2D eigenvalue weighted by atomic mass is 9.66. The zero-order chi connectivity index (χ0) is 17.3. The highest BCUT2D eigenvalue weighted by Crippen LogP contribution is 2.55. The van der Waals surface area contributed by atoms with Crippen molar-refractivity contribution in [2.45, 2.75) is 64.8 Å². The highest BCUT2D eigenvalue weighted by atomic mass is 32.1. The standard InChI is InChI=1S/C21H30OSSi/c1-13-10-15-6-7-16(11-15)21(13,22)17-8-9-19-18(12-17)14(2)20(23-19)24(3,4)5/h8-9,12-13,15-16,22H,6-7,10-11H2,1-5H3. The Kier molecular flexibility index (Phi) is 3.80. The van der Waals surface area contributed by atoms with Crippen molar-refractivity contribution >= 4 is 34.0 Å². The van der Waals surface area contributed by atoms with Gasteiger partial charge in [-0.2, -0.15) is 0 Å². The lowest BCUT2D eigenvalue weighted by Crippen LogP contribution is -2.43. The van der Waals surface area contributed by atoms with E-state index in [-0.39, 0.29) is 0 Å². The normalized spacial score (nSPS) is 33.3. The highest BCUT2D eigenvalue weighted by Gasteiger charge is 2.51. The summed E-state index contributed by atoms with van der Waals surface area (Å²) in [6, 6.07) is 6.83. The molecule has 0 spiro atoms.